The number of likely N-dealkylation sites (tertiary alicyclic amines) is 1. The number of hydrogen-bond donors (Lipinski definition) is 1. The number of hydrogen-bond acceptors (Lipinski definition) is 5. The molecule has 0 radical (unpaired) electrons. The molecule has 21 heavy (non-hydrogen) atoms. The van der Waals surface area contributed by atoms with Crippen molar-refractivity contribution in [2.24, 2.45) is 0 Å². The molecule has 1 aromatic heterocycles. The van der Waals surface area contributed by atoms with Crippen molar-refractivity contribution in [3.05, 3.63) is 23.9 Å². The summed E-state index contributed by atoms with van der Waals surface area (Å²) < 4.78 is 0. The average molecular weight is 286 g/mol. The highest BCUT2D eigenvalue weighted by atomic mass is 16.3. The zero-order valence-electron chi connectivity index (χ0n) is 11.8. The van der Waals surface area contributed by atoms with E-state index in [9.17, 15) is 9.90 Å². The van der Waals surface area contributed by atoms with Gasteiger partial charge in [-0.05, 0) is 31.4 Å². The number of carbonyl (C=O) groups excluding carboxylic acids is 1. The van der Waals surface area contributed by atoms with E-state index in [0.29, 0.717) is 18.5 Å². The Bertz CT molecular complexity index is 558. The second-order valence-electron chi connectivity index (χ2n) is 5.57. The Hall–Kier alpha value is -2.13. The standard InChI is InChI=1S/C15H18N4O2/c16-9-11-1-2-14(17-10-11)18-6-3-12(4-7-18)19-8-5-13(20)15(19)21/h1-2,10,12-13,20H,3-8H2. The van der Waals surface area contributed by atoms with Crippen molar-refractivity contribution in [2.75, 3.05) is 24.5 Å². The van der Waals surface area contributed by atoms with Gasteiger partial charge in [0.2, 0.25) is 0 Å². The van der Waals surface area contributed by atoms with Crippen LogP contribution in [0.25, 0.3) is 0 Å². The molecular formula is C15H18N4O2. The van der Waals surface area contributed by atoms with Crippen LogP contribution in [-0.2, 0) is 4.79 Å². The Labute approximate surface area is 123 Å². The Morgan fingerprint density at radius 2 is 2.00 bits per heavy atom. The van der Waals surface area contributed by atoms with Crippen LogP contribution < -0.4 is 4.90 Å². The number of amides is 1. The molecule has 1 aromatic rings. The maximum absolute atomic E-state index is 11.8. The number of carbonyl (C=O) groups is 1. The number of nitriles is 1. The van der Waals surface area contributed by atoms with E-state index in [4.69, 9.17) is 5.26 Å². The summed E-state index contributed by atoms with van der Waals surface area (Å²) in [5.74, 6) is 0.755. The zero-order valence-corrected chi connectivity index (χ0v) is 11.8. The summed E-state index contributed by atoms with van der Waals surface area (Å²) in [6, 6.07) is 5.92. The third kappa shape index (κ3) is 2.69. The normalized spacial score (nSPS) is 23.4. The first-order valence-corrected chi connectivity index (χ1v) is 7.28. The monoisotopic (exact) mass is 286 g/mol. The third-order valence-corrected chi connectivity index (χ3v) is 4.32. The molecule has 0 spiro atoms. The molecule has 0 saturated carbocycles. The van der Waals surface area contributed by atoms with Crippen molar-refractivity contribution < 1.29 is 9.90 Å². The molecule has 0 bridgehead atoms. The lowest BCUT2D eigenvalue weighted by molar-refractivity contribution is -0.136. The van der Waals surface area contributed by atoms with Gasteiger partial charge in [0.05, 0.1) is 5.56 Å². The lowest BCUT2D eigenvalue weighted by Crippen LogP contribution is -2.46. The smallest absolute Gasteiger partial charge is 0.251 e. The van der Waals surface area contributed by atoms with Crippen molar-refractivity contribution >= 4 is 11.7 Å². The van der Waals surface area contributed by atoms with E-state index in [1.54, 1.807) is 12.3 Å². The lowest BCUT2D eigenvalue weighted by Gasteiger charge is -2.37. The molecule has 2 saturated heterocycles. The van der Waals surface area contributed by atoms with Gasteiger partial charge in [-0.25, -0.2) is 4.98 Å². The summed E-state index contributed by atoms with van der Waals surface area (Å²) in [6.07, 6.45) is 3.11. The summed E-state index contributed by atoms with van der Waals surface area (Å²) in [7, 11) is 0. The van der Waals surface area contributed by atoms with Crippen LogP contribution in [0.5, 0.6) is 0 Å². The first-order chi connectivity index (χ1) is 10.2. The maximum atomic E-state index is 11.8. The van der Waals surface area contributed by atoms with Gasteiger partial charge in [-0.1, -0.05) is 0 Å². The van der Waals surface area contributed by atoms with Crippen molar-refractivity contribution in [1.29, 1.82) is 5.26 Å². The number of aromatic nitrogens is 1. The molecule has 110 valence electrons. The fourth-order valence-electron chi connectivity index (χ4n) is 3.09. The molecular weight excluding hydrogens is 268 g/mol. The van der Waals surface area contributed by atoms with E-state index in [1.807, 2.05) is 11.0 Å². The first-order valence-electron chi connectivity index (χ1n) is 7.28. The van der Waals surface area contributed by atoms with Crippen molar-refractivity contribution in [3.8, 4) is 6.07 Å². The number of pyridine rings is 1. The molecule has 2 aliphatic heterocycles. The number of nitrogens with zero attached hydrogens (tertiary/aromatic N) is 4. The summed E-state index contributed by atoms with van der Waals surface area (Å²) in [6.45, 7) is 2.34. The summed E-state index contributed by atoms with van der Waals surface area (Å²) in [4.78, 5) is 20.2. The van der Waals surface area contributed by atoms with Crippen LogP contribution >= 0.6 is 0 Å². The van der Waals surface area contributed by atoms with Gasteiger partial charge in [-0.3, -0.25) is 4.79 Å². The highest BCUT2D eigenvalue weighted by Gasteiger charge is 2.36. The number of aliphatic hydroxyl groups excluding tert-OH is 1. The van der Waals surface area contributed by atoms with Crippen LogP contribution in [0, 0.1) is 11.3 Å². The Morgan fingerprint density at radius 1 is 1.24 bits per heavy atom. The fraction of sp³-hybridized carbons (Fsp3) is 0.533. The zero-order chi connectivity index (χ0) is 14.8. The van der Waals surface area contributed by atoms with Crippen molar-refractivity contribution in [2.45, 2.75) is 31.4 Å². The van der Waals surface area contributed by atoms with Crippen LogP contribution in [0.3, 0.4) is 0 Å². The van der Waals surface area contributed by atoms with E-state index in [2.05, 4.69) is 16.0 Å². The molecule has 1 unspecified atom stereocenters. The van der Waals surface area contributed by atoms with Crippen LogP contribution in [0.15, 0.2) is 18.3 Å². The summed E-state index contributed by atoms with van der Waals surface area (Å²) in [5.41, 5.74) is 0.560. The van der Waals surface area contributed by atoms with Gasteiger partial charge < -0.3 is 14.9 Å². The summed E-state index contributed by atoms with van der Waals surface area (Å²) in [5, 5.41) is 18.3. The predicted molar refractivity (Wildman–Crippen MR) is 76.5 cm³/mol. The predicted octanol–water partition coefficient (Wildman–Crippen LogP) is 0.515. The number of aliphatic hydroxyl groups is 1. The minimum Gasteiger partial charge on any atom is -0.383 e. The van der Waals surface area contributed by atoms with Gasteiger partial charge in [0.15, 0.2) is 0 Å². The van der Waals surface area contributed by atoms with Gasteiger partial charge in [-0.2, -0.15) is 5.26 Å². The Kier molecular flexibility index (Phi) is 3.76. The lowest BCUT2D eigenvalue weighted by atomic mass is 10.0. The molecule has 0 aliphatic carbocycles. The second-order valence-corrected chi connectivity index (χ2v) is 5.57. The van der Waals surface area contributed by atoms with E-state index in [-0.39, 0.29) is 11.9 Å². The molecule has 1 atom stereocenters. The highest BCUT2D eigenvalue weighted by molar-refractivity contribution is 5.83. The Balaban J connectivity index is 1.60. The molecule has 2 aliphatic rings. The topological polar surface area (TPSA) is 80.5 Å². The van der Waals surface area contributed by atoms with E-state index in [0.717, 1.165) is 31.7 Å². The summed E-state index contributed by atoms with van der Waals surface area (Å²) >= 11 is 0. The van der Waals surface area contributed by atoms with Gasteiger partial charge in [0, 0.05) is 31.9 Å². The van der Waals surface area contributed by atoms with Crippen LogP contribution in [-0.4, -0.2) is 52.7 Å². The molecule has 2 fully saturated rings. The second kappa shape index (κ2) is 5.70. The van der Waals surface area contributed by atoms with Gasteiger partial charge in [0.1, 0.15) is 18.0 Å². The molecule has 3 heterocycles. The van der Waals surface area contributed by atoms with Crippen molar-refractivity contribution in [1.82, 2.24) is 9.88 Å². The number of anilines is 1. The molecule has 6 heteroatoms. The van der Waals surface area contributed by atoms with Gasteiger partial charge >= 0.3 is 0 Å². The SMILES string of the molecule is N#Cc1ccc(N2CCC(N3CCC(O)C3=O)CC2)nc1. The van der Waals surface area contributed by atoms with Gasteiger partial charge in [-0.15, -0.1) is 0 Å². The Morgan fingerprint density at radius 3 is 2.52 bits per heavy atom. The number of rotatable bonds is 2. The molecule has 1 N–H and O–H groups in total. The fourth-order valence-corrected chi connectivity index (χ4v) is 3.09. The number of piperidine rings is 1. The van der Waals surface area contributed by atoms with E-state index >= 15 is 0 Å². The first kappa shape index (κ1) is 13.8. The van der Waals surface area contributed by atoms with Crippen molar-refractivity contribution in [3.63, 3.8) is 0 Å². The molecule has 1 amide bonds. The van der Waals surface area contributed by atoms with Gasteiger partial charge in [0.25, 0.3) is 5.91 Å². The maximum Gasteiger partial charge on any atom is 0.251 e. The minimum atomic E-state index is -0.803. The van der Waals surface area contributed by atoms with Crippen LogP contribution in [0.4, 0.5) is 5.82 Å². The molecule has 3 rings (SSSR count). The van der Waals surface area contributed by atoms with E-state index in [1.165, 1.54) is 0 Å². The largest absolute Gasteiger partial charge is 0.383 e. The van der Waals surface area contributed by atoms with Crippen LogP contribution in [0.2, 0.25) is 0 Å². The van der Waals surface area contributed by atoms with E-state index < -0.39 is 6.10 Å². The van der Waals surface area contributed by atoms with Crippen LogP contribution in [0.1, 0.15) is 24.8 Å². The third-order valence-electron chi connectivity index (χ3n) is 4.32. The quantitative estimate of drug-likeness (QED) is 0.857. The average Bonchev–Trinajstić information content (AvgIpc) is 2.87. The molecule has 6 nitrogen and oxygen atoms in total. The highest BCUT2D eigenvalue weighted by Crippen LogP contribution is 2.24. The minimum absolute atomic E-state index is 0.120. The molecule has 0 aromatic carbocycles.